The Kier molecular flexibility index (Phi) is 8.65. The Morgan fingerprint density at radius 1 is 1.17 bits per heavy atom. The van der Waals surface area contributed by atoms with E-state index in [9.17, 15) is 0 Å². The van der Waals surface area contributed by atoms with Gasteiger partial charge >= 0.3 is 0 Å². The maximum absolute atomic E-state index is 5.02. The van der Waals surface area contributed by atoms with E-state index in [4.69, 9.17) is 4.74 Å². The molecule has 0 amide bonds. The topological polar surface area (TPSA) is 45.7 Å². The van der Waals surface area contributed by atoms with Gasteiger partial charge in [0.25, 0.3) is 0 Å². The molecule has 106 valence electrons. The standard InChI is InChI=1S/C14H29N3O/c1-15-14(16-10-6-12-18-2)17-11-9-13-7-4-3-5-8-13/h13H,3-12H2,1-2H3,(H2,15,16,17). The molecule has 18 heavy (non-hydrogen) atoms. The van der Waals surface area contributed by atoms with E-state index >= 15 is 0 Å². The minimum Gasteiger partial charge on any atom is -0.385 e. The van der Waals surface area contributed by atoms with Gasteiger partial charge in [0, 0.05) is 33.9 Å². The Balaban J connectivity index is 2.04. The first-order chi connectivity index (χ1) is 8.86. The van der Waals surface area contributed by atoms with Gasteiger partial charge in [-0.2, -0.15) is 0 Å². The van der Waals surface area contributed by atoms with Gasteiger partial charge in [-0.1, -0.05) is 32.1 Å². The lowest BCUT2D eigenvalue weighted by Gasteiger charge is -2.22. The molecule has 0 aliphatic heterocycles. The van der Waals surface area contributed by atoms with E-state index in [1.807, 2.05) is 7.05 Å². The number of hydrogen-bond acceptors (Lipinski definition) is 2. The highest BCUT2D eigenvalue weighted by molar-refractivity contribution is 5.79. The zero-order chi connectivity index (χ0) is 13.1. The number of methoxy groups -OCH3 is 1. The lowest BCUT2D eigenvalue weighted by molar-refractivity contribution is 0.195. The number of nitrogens with one attached hydrogen (secondary N) is 2. The maximum Gasteiger partial charge on any atom is 0.190 e. The third-order valence-corrected chi connectivity index (χ3v) is 3.61. The number of guanidine groups is 1. The van der Waals surface area contributed by atoms with Crippen LogP contribution in [0.2, 0.25) is 0 Å². The zero-order valence-corrected chi connectivity index (χ0v) is 12.0. The zero-order valence-electron chi connectivity index (χ0n) is 12.0. The fourth-order valence-corrected chi connectivity index (χ4v) is 2.51. The SMILES string of the molecule is CN=C(NCCCOC)NCCC1CCCCC1. The summed E-state index contributed by atoms with van der Waals surface area (Å²) < 4.78 is 5.02. The highest BCUT2D eigenvalue weighted by Gasteiger charge is 2.12. The van der Waals surface area contributed by atoms with Crippen LogP contribution in [0.15, 0.2) is 4.99 Å². The molecule has 0 heterocycles. The van der Waals surface area contributed by atoms with Crippen LogP contribution in [0, 0.1) is 5.92 Å². The van der Waals surface area contributed by atoms with Gasteiger partial charge in [0.15, 0.2) is 5.96 Å². The van der Waals surface area contributed by atoms with Gasteiger partial charge in [0.2, 0.25) is 0 Å². The first kappa shape index (κ1) is 15.3. The largest absolute Gasteiger partial charge is 0.385 e. The molecule has 1 aliphatic carbocycles. The predicted molar refractivity (Wildman–Crippen MR) is 77.0 cm³/mol. The molecule has 4 heteroatoms. The maximum atomic E-state index is 5.02. The average molecular weight is 255 g/mol. The molecule has 0 bridgehead atoms. The monoisotopic (exact) mass is 255 g/mol. The Hall–Kier alpha value is -0.770. The van der Waals surface area contributed by atoms with Crippen LogP contribution in [0.1, 0.15) is 44.9 Å². The molecule has 1 rings (SSSR count). The highest BCUT2D eigenvalue weighted by atomic mass is 16.5. The van der Waals surface area contributed by atoms with Crippen LogP contribution >= 0.6 is 0 Å². The Labute approximate surface area is 112 Å². The summed E-state index contributed by atoms with van der Waals surface area (Å²) in [6.45, 7) is 2.75. The van der Waals surface area contributed by atoms with Gasteiger partial charge in [-0.25, -0.2) is 0 Å². The van der Waals surface area contributed by atoms with Gasteiger partial charge < -0.3 is 15.4 Å². The molecule has 0 saturated heterocycles. The molecule has 0 atom stereocenters. The fourth-order valence-electron chi connectivity index (χ4n) is 2.51. The lowest BCUT2D eigenvalue weighted by atomic mass is 9.87. The third kappa shape index (κ3) is 6.84. The predicted octanol–water partition coefficient (Wildman–Crippen LogP) is 2.16. The van der Waals surface area contributed by atoms with Crippen LogP contribution < -0.4 is 10.6 Å². The van der Waals surface area contributed by atoms with Crippen molar-refractivity contribution in [1.82, 2.24) is 10.6 Å². The second-order valence-electron chi connectivity index (χ2n) is 5.06. The molecule has 4 nitrogen and oxygen atoms in total. The number of rotatable bonds is 7. The quantitative estimate of drug-likeness (QED) is 0.416. The Morgan fingerprint density at radius 3 is 2.56 bits per heavy atom. The number of hydrogen-bond donors (Lipinski definition) is 2. The third-order valence-electron chi connectivity index (χ3n) is 3.61. The molecule has 2 N–H and O–H groups in total. The van der Waals surface area contributed by atoms with Crippen molar-refractivity contribution in [3.8, 4) is 0 Å². The van der Waals surface area contributed by atoms with E-state index in [0.29, 0.717) is 0 Å². The molecule has 0 aromatic heterocycles. The van der Waals surface area contributed by atoms with E-state index in [1.165, 1.54) is 38.5 Å². The van der Waals surface area contributed by atoms with Crippen LogP contribution in [-0.4, -0.2) is 39.8 Å². The summed E-state index contributed by atoms with van der Waals surface area (Å²) in [4.78, 5) is 4.22. The Bertz CT molecular complexity index is 225. The van der Waals surface area contributed by atoms with Crippen LogP contribution in [0.3, 0.4) is 0 Å². The van der Waals surface area contributed by atoms with Gasteiger partial charge in [-0.3, -0.25) is 4.99 Å². The van der Waals surface area contributed by atoms with Gasteiger partial charge in [-0.15, -0.1) is 0 Å². The van der Waals surface area contributed by atoms with Crippen molar-refractivity contribution in [3.63, 3.8) is 0 Å². The summed E-state index contributed by atoms with van der Waals surface area (Å²) in [5.41, 5.74) is 0. The Morgan fingerprint density at radius 2 is 1.89 bits per heavy atom. The fraction of sp³-hybridized carbons (Fsp3) is 0.929. The second-order valence-corrected chi connectivity index (χ2v) is 5.06. The van der Waals surface area contributed by atoms with Crippen molar-refractivity contribution in [2.45, 2.75) is 44.9 Å². The van der Waals surface area contributed by atoms with Crippen molar-refractivity contribution in [2.24, 2.45) is 10.9 Å². The summed E-state index contributed by atoms with van der Waals surface area (Å²) in [5.74, 6) is 1.85. The van der Waals surface area contributed by atoms with Crippen molar-refractivity contribution >= 4 is 5.96 Å². The molecule has 1 saturated carbocycles. The summed E-state index contributed by atoms with van der Waals surface area (Å²) in [6.07, 6.45) is 9.41. The summed E-state index contributed by atoms with van der Waals surface area (Å²) >= 11 is 0. The van der Waals surface area contributed by atoms with Crippen molar-refractivity contribution < 1.29 is 4.74 Å². The van der Waals surface area contributed by atoms with E-state index in [2.05, 4.69) is 15.6 Å². The van der Waals surface area contributed by atoms with Crippen molar-refractivity contribution in [2.75, 3.05) is 33.9 Å². The minimum atomic E-state index is 0.798. The first-order valence-electron chi connectivity index (χ1n) is 7.30. The summed E-state index contributed by atoms with van der Waals surface area (Å²) in [5, 5.41) is 6.69. The van der Waals surface area contributed by atoms with Crippen LogP contribution in [0.25, 0.3) is 0 Å². The molecule has 0 unspecified atom stereocenters. The molecular weight excluding hydrogens is 226 g/mol. The van der Waals surface area contributed by atoms with E-state index in [0.717, 1.165) is 38.0 Å². The molecular formula is C14H29N3O. The summed E-state index contributed by atoms with van der Waals surface area (Å²) in [6, 6.07) is 0. The molecule has 0 radical (unpaired) electrons. The van der Waals surface area contributed by atoms with Gasteiger partial charge in [0.05, 0.1) is 0 Å². The molecule has 0 spiro atoms. The highest BCUT2D eigenvalue weighted by Crippen LogP contribution is 2.25. The first-order valence-corrected chi connectivity index (χ1v) is 7.30. The molecule has 1 aliphatic rings. The molecule has 1 fully saturated rings. The summed E-state index contributed by atoms with van der Waals surface area (Å²) in [7, 11) is 3.56. The van der Waals surface area contributed by atoms with Crippen LogP contribution in [-0.2, 0) is 4.74 Å². The second kappa shape index (κ2) is 10.2. The molecule has 0 aromatic carbocycles. The normalized spacial score (nSPS) is 17.8. The van der Waals surface area contributed by atoms with Crippen LogP contribution in [0.5, 0.6) is 0 Å². The van der Waals surface area contributed by atoms with Gasteiger partial charge in [0.1, 0.15) is 0 Å². The number of aliphatic imine (C=N–C) groups is 1. The van der Waals surface area contributed by atoms with Crippen molar-refractivity contribution in [3.05, 3.63) is 0 Å². The average Bonchev–Trinajstić information content (AvgIpc) is 2.42. The lowest BCUT2D eigenvalue weighted by Crippen LogP contribution is -2.39. The van der Waals surface area contributed by atoms with Crippen LogP contribution in [0.4, 0.5) is 0 Å². The number of ether oxygens (including phenoxy) is 1. The van der Waals surface area contributed by atoms with E-state index in [1.54, 1.807) is 7.11 Å². The number of nitrogens with zero attached hydrogens (tertiary/aromatic N) is 1. The minimum absolute atomic E-state index is 0.798. The van der Waals surface area contributed by atoms with E-state index in [-0.39, 0.29) is 0 Å². The van der Waals surface area contributed by atoms with Gasteiger partial charge in [-0.05, 0) is 18.8 Å². The van der Waals surface area contributed by atoms with E-state index < -0.39 is 0 Å². The molecule has 0 aromatic rings. The van der Waals surface area contributed by atoms with Crippen molar-refractivity contribution in [1.29, 1.82) is 0 Å². The smallest absolute Gasteiger partial charge is 0.190 e.